The van der Waals surface area contributed by atoms with Gasteiger partial charge in [-0.2, -0.15) is 0 Å². The molecule has 0 aromatic heterocycles. The third-order valence-corrected chi connectivity index (χ3v) is 3.09. The van der Waals surface area contributed by atoms with Crippen LogP contribution in [-0.2, 0) is 4.79 Å². The lowest BCUT2D eigenvalue weighted by Gasteiger charge is -2.02. The molecule has 0 aliphatic rings. The molecule has 0 bridgehead atoms. The third-order valence-electron chi connectivity index (χ3n) is 2.86. The molecular formula is C17H13ClO3. The first-order chi connectivity index (χ1) is 10.1. The van der Waals surface area contributed by atoms with Gasteiger partial charge in [-0.1, -0.05) is 48.0 Å². The molecule has 3 nitrogen and oxygen atoms in total. The molecule has 0 radical (unpaired) electrons. The molecular weight excluding hydrogens is 288 g/mol. The number of halogens is 1. The number of rotatable bonds is 5. The Morgan fingerprint density at radius 1 is 1.10 bits per heavy atom. The molecule has 0 atom stereocenters. The number of benzene rings is 2. The second kappa shape index (κ2) is 6.86. The van der Waals surface area contributed by atoms with E-state index in [-0.39, 0.29) is 23.5 Å². The van der Waals surface area contributed by atoms with Crippen LogP contribution in [0.25, 0.3) is 6.08 Å². The lowest BCUT2D eigenvalue weighted by Crippen LogP contribution is -2.06. The molecule has 106 valence electrons. The monoisotopic (exact) mass is 300 g/mol. The molecule has 0 heterocycles. The number of aromatic hydroxyl groups is 1. The highest BCUT2D eigenvalue weighted by atomic mass is 35.5. The Morgan fingerprint density at radius 3 is 2.52 bits per heavy atom. The summed E-state index contributed by atoms with van der Waals surface area (Å²) >= 11 is 5.78. The van der Waals surface area contributed by atoms with E-state index in [4.69, 9.17) is 11.6 Å². The number of allylic oxidation sites excluding steroid dienone is 1. The van der Waals surface area contributed by atoms with Crippen molar-refractivity contribution in [2.45, 2.75) is 6.42 Å². The van der Waals surface area contributed by atoms with Gasteiger partial charge >= 0.3 is 0 Å². The largest absolute Gasteiger partial charge is 0.507 e. The SMILES string of the molecule is O=C(C=Cc1ccccc1)CC(=O)c1cc(Cl)ccc1O. The van der Waals surface area contributed by atoms with Crippen molar-refractivity contribution in [2.24, 2.45) is 0 Å². The van der Waals surface area contributed by atoms with E-state index in [1.165, 1.54) is 24.3 Å². The molecule has 0 saturated carbocycles. The molecule has 0 aliphatic carbocycles. The molecule has 21 heavy (non-hydrogen) atoms. The van der Waals surface area contributed by atoms with Crippen LogP contribution in [0.5, 0.6) is 5.75 Å². The van der Waals surface area contributed by atoms with Gasteiger partial charge in [0.15, 0.2) is 11.6 Å². The second-order valence-corrected chi connectivity index (χ2v) is 4.91. The van der Waals surface area contributed by atoms with E-state index in [1.54, 1.807) is 6.08 Å². The lowest BCUT2D eigenvalue weighted by atomic mass is 10.0. The smallest absolute Gasteiger partial charge is 0.174 e. The van der Waals surface area contributed by atoms with Gasteiger partial charge in [0.25, 0.3) is 0 Å². The quantitative estimate of drug-likeness (QED) is 0.517. The molecule has 0 saturated heterocycles. The Bertz CT molecular complexity index is 690. The number of carbonyl (C=O) groups excluding carboxylic acids is 2. The zero-order chi connectivity index (χ0) is 15.2. The predicted octanol–water partition coefficient (Wildman–Crippen LogP) is 3.90. The minimum atomic E-state index is -0.460. The highest BCUT2D eigenvalue weighted by Crippen LogP contribution is 2.22. The first-order valence-corrected chi connectivity index (χ1v) is 6.72. The first-order valence-electron chi connectivity index (χ1n) is 6.34. The van der Waals surface area contributed by atoms with E-state index in [1.807, 2.05) is 30.3 Å². The van der Waals surface area contributed by atoms with Crippen LogP contribution in [0.15, 0.2) is 54.6 Å². The fraction of sp³-hybridized carbons (Fsp3) is 0.0588. The zero-order valence-electron chi connectivity index (χ0n) is 11.1. The number of hydrogen-bond acceptors (Lipinski definition) is 3. The van der Waals surface area contributed by atoms with Crippen LogP contribution in [-0.4, -0.2) is 16.7 Å². The zero-order valence-corrected chi connectivity index (χ0v) is 11.9. The maximum Gasteiger partial charge on any atom is 0.174 e. The van der Waals surface area contributed by atoms with Gasteiger partial charge in [-0.15, -0.1) is 0 Å². The van der Waals surface area contributed by atoms with E-state index in [0.29, 0.717) is 5.02 Å². The van der Waals surface area contributed by atoms with Crippen molar-refractivity contribution in [1.29, 1.82) is 0 Å². The number of carbonyl (C=O) groups is 2. The van der Waals surface area contributed by atoms with Crippen molar-refractivity contribution in [2.75, 3.05) is 0 Å². The van der Waals surface area contributed by atoms with Gasteiger partial charge in [0.05, 0.1) is 12.0 Å². The second-order valence-electron chi connectivity index (χ2n) is 4.47. The van der Waals surface area contributed by atoms with Gasteiger partial charge < -0.3 is 5.11 Å². The summed E-state index contributed by atoms with van der Waals surface area (Å²) < 4.78 is 0. The highest BCUT2D eigenvalue weighted by Gasteiger charge is 2.14. The Hall–Kier alpha value is -2.39. The molecule has 1 N–H and O–H groups in total. The minimum Gasteiger partial charge on any atom is -0.507 e. The van der Waals surface area contributed by atoms with Crippen LogP contribution < -0.4 is 0 Å². The molecule has 2 aromatic carbocycles. The van der Waals surface area contributed by atoms with Gasteiger partial charge in [0, 0.05) is 5.02 Å². The van der Waals surface area contributed by atoms with E-state index < -0.39 is 5.78 Å². The van der Waals surface area contributed by atoms with Crippen LogP contribution in [0.1, 0.15) is 22.3 Å². The lowest BCUT2D eigenvalue weighted by molar-refractivity contribution is -0.113. The molecule has 4 heteroatoms. The van der Waals surface area contributed by atoms with Crippen molar-refractivity contribution in [1.82, 2.24) is 0 Å². The number of phenols is 1. The first kappa shape index (κ1) is 15.0. The molecule has 2 aromatic rings. The maximum atomic E-state index is 12.0. The number of ketones is 2. The highest BCUT2D eigenvalue weighted by molar-refractivity contribution is 6.31. The van der Waals surface area contributed by atoms with E-state index in [0.717, 1.165) is 5.56 Å². The summed E-state index contributed by atoms with van der Waals surface area (Å²) in [7, 11) is 0. The predicted molar refractivity (Wildman–Crippen MR) is 82.5 cm³/mol. The van der Waals surface area contributed by atoms with Crippen LogP contribution in [0.2, 0.25) is 5.02 Å². The fourth-order valence-electron chi connectivity index (χ4n) is 1.80. The Labute approximate surface area is 127 Å². The normalized spacial score (nSPS) is 10.7. The topological polar surface area (TPSA) is 54.4 Å². The number of Topliss-reactive ketones (excluding diaryl/α,β-unsaturated/α-hetero) is 1. The molecule has 0 aliphatic heterocycles. The maximum absolute atomic E-state index is 12.0. The Morgan fingerprint density at radius 2 is 1.81 bits per heavy atom. The summed E-state index contributed by atoms with van der Waals surface area (Å²) in [6.45, 7) is 0. The minimum absolute atomic E-state index is 0.0592. The summed E-state index contributed by atoms with van der Waals surface area (Å²) in [6.07, 6.45) is 2.69. The summed E-state index contributed by atoms with van der Waals surface area (Å²) in [5, 5.41) is 9.95. The molecule has 0 unspecified atom stereocenters. The van der Waals surface area contributed by atoms with E-state index in [9.17, 15) is 14.7 Å². The van der Waals surface area contributed by atoms with Crippen molar-refractivity contribution in [3.8, 4) is 5.75 Å². The molecule has 0 spiro atoms. The Balaban J connectivity index is 2.04. The Kier molecular flexibility index (Phi) is 4.90. The van der Waals surface area contributed by atoms with E-state index in [2.05, 4.69) is 0 Å². The summed E-state index contributed by atoms with van der Waals surface area (Å²) in [6, 6.07) is 13.5. The van der Waals surface area contributed by atoms with Gasteiger partial charge in [-0.3, -0.25) is 9.59 Å². The number of phenolic OH excluding ortho intramolecular Hbond substituents is 1. The van der Waals surface area contributed by atoms with Crippen molar-refractivity contribution < 1.29 is 14.7 Å². The van der Waals surface area contributed by atoms with Gasteiger partial charge in [-0.05, 0) is 29.8 Å². The average Bonchev–Trinajstić information content (AvgIpc) is 2.48. The van der Waals surface area contributed by atoms with Gasteiger partial charge in [0.1, 0.15) is 5.75 Å². The van der Waals surface area contributed by atoms with Crippen molar-refractivity contribution in [3.05, 3.63) is 70.8 Å². The van der Waals surface area contributed by atoms with Crippen molar-refractivity contribution in [3.63, 3.8) is 0 Å². The molecule has 0 fully saturated rings. The summed E-state index contributed by atoms with van der Waals surface area (Å²) in [5.41, 5.74) is 0.938. The van der Waals surface area contributed by atoms with E-state index >= 15 is 0 Å². The number of hydrogen-bond donors (Lipinski definition) is 1. The van der Waals surface area contributed by atoms with Crippen LogP contribution in [0.4, 0.5) is 0 Å². The molecule has 2 rings (SSSR count). The fourth-order valence-corrected chi connectivity index (χ4v) is 1.97. The summed E-state index contributed by atoms with van der Waals surface area (Å²) in [4.78, 5) is 23.7. The third kappa shape index (κ3) is 4.29. The average molecular weight is 301 g/mol. The van der Waals surface area contributed by atoms with Crippen molar-refractivity contribution >= 4 is 29.2 Å². The van der Waals surface area contributed by atoms with Crippen LogP contribution in [0, 0.1) is 0 Å². The van der Waals surface area contributed by atoms with Crippen LogP contribution >= 0.6 is 11.6 Å². The standard InChI is InChI=1S/C17H13ClO3/c18-13-7-9-16(20)15(10-13)17(21)11-14(19)8-6-12-4-2-1-3-5-12/h1-10,20H,11H2. The van der Waals surface area contributed by atoms with Crippen LogP contribution in [0.3, 0.4) is 0 Å². The summed E-state index contributed by atoms with van der Waals surface area (Å²) in [5.74, 6) is -0.967. The van der Waals surface area contributed by atoms with Gasteiger partial charge in [-0.25, -0.2) is 0 Å². The molecule has 0 amide bonds. The van der Waals surface area contributed by atoms with Gasteiger partial charge in [0.2, 0.25) is 0 Å².